The van der Waals surface area contributed by atoms with Gasteiger partial charge in [0.2, 0.25) is 0 Å². The van der Waals surface area contributed by atoms with E-state index in [1.807, 2.05) is 0 Å². The molecule has 22 heavy (non-hydrogen) atoms. The molecule has 4 nitrogen and oxygen atoms in total. The molecule has 0 fully saturated rings. The van der Waals surface area contributed by atoms with Crippen LogP contribution in [0.15, 0.2) is 29.3 Å². The maximum atomic E-state index is 4.65. The van der Waals surface area contributed by atoms with Gasteiger partial charge in [0.05, 0.1) is 6.54 Å². The van der Waals surface area contributed by atoms with E-state index in [0.717, 1.165) is 38.7 Å². The van der Waals surface area contributed by atoms with Gasteiger partial charge >= 0.3 is 0 Å². The molecule has 0 amide bonds. The van der Waals surface area contributed by atoms with Crippen molar-refractivity contribution in [3.8, 4) is 0 Å². The van der Waals surface area contributed by atoms with E-state index in [1.165, 1.54) is 11.1 Å². The first-order chi connectivity index (χ1) is 10.2. The van der Waals surface area contributed by atoms with E-state index in [4.69, 9.17) is 0 Å². The van der Waals surface area contributed by atoms with Crippen molar-refractivity contribution in [3.63, 3.8) is 0 Å². The number of guanidine groups is 1. The van der Waals surface area contributed by atoms with Crippen LogP contribution in [0, 0.1) is 6.92 Å². The SMILES string of the molecule is CCNC(=NCc1cccc(C)c1)NCCN(CC)CC.I. The van der Waals surface area contributed by atoms with E-state index >= 15 is 0 Å². The molecular formula is C17H31IN4. The van der Waals surface area contributed by atoms with Crippen LogP contribution < -0.4 is 10.6 Å². The number of nitrogens with zero attached hydrogens (tertiary/aromatic N) is 2. The summed E-state index contributed by atoms with van der Waals surface area (Å²) < 4.78 is 0. The molecule has 0 atom stereocenters. The summed E-state index contributed by atoms with van der Waals surface area (Å²) in [5.74, 6) is 0.895. The number of nitrogens with one attached hydrogen (secondary N) is 2. The third kappa shape index (κ3) is 8.58. The van der Waals surface area contributed by atoms with Crippen LogP contribution in [0.5, 0.6) is 0 Å². The summed E-state index contributed by atoms with van der Waals surface area (Å²) >= 11 is 0. The third-order valence-corrected chi connectivity index (χ3v) is 3.46. The normalized spacial score (nSPS) is 11.2. The summed E-state index contributed by atoms with van der Waals surface area (Å²) in [5, 5.41) is 6.70. The van der Waals surface area contributed by atoms with Crippen LogP contribution in [0.3, 0.4) is 0 Å². The summed E-state index contributed by atoms with van der Waals surface area (Å²) in [5.41, 5.74) is 2.53. The minimum atomic E-state index is 0. The van der Waals surface area contributed by atoms with E-state index < -0.39 is 0 Å². The van der Waals surface area contributed by atoms with Crippen molar-refractivity contribution in [3.05, 3.63) is 35.4 Å². The molecule has 0 unspecified atom stereocenters. The van der Waals surface area contributed by atoms with E-state index in [2.05, 4.69) is 72.5 Å². The number of likely N-dealkylation sites (N-methyl/N-ethyl adjacent to an activating group) is 1. The Kier molecular flexibility index (Phi) is 12.2. The Morgan fingerprint density at radius 2 is 1.86 bits per heavy atom. The van der Waals surface area contributed by atoms with Crippen molar-refractivity contribution in [2.75, 3.05) is 32.7 Å². The third-order valence-electron chi connectivity index (χ3n) is 3.46. The predicted octanol–water partition coefficient (Wildman–Crippen LogP) is 3.01. The first-order valence-corrected chi connectivity index (χ1v) is 7.99. The largest absolute Gasteiger partial charge is 0.357 e. The van der Waals surface area contributed by atoms with Gasteiger partial charge in [-0.05, 0) is 32.5 Å². The minimum Gasteiger partial charge on any atom is -0.357 e. The van der Waals surface area contributed by atoms with Gasteiger partial charge in [-0.25, -0.2) is 4.99 Å². The smallest absolute Gasteiger partial charge is 0.191 e. The highest BCUT2D eigenvalue weighted by Crippen LogP contribution is 2.04. The van der Waals surface area contributed by atoms with Crippen molar-refractivity contribution in [1.82, 2.24) is 15.5 Å². The number of rotatable bonds is 8. The van der Waals surface area contributed by atoms with Crippen molar-refractivity contribution in [1.29, 1.82) is 0 Å². The average molecular weight is 418 g/mol. The second kappa shape index (κ2) is 12.7. The van der Waals surface area contributed by atoms with E-state index in [0.29, 0.717) is 6.54 Å². The second-order valence-corrected chi connectivity index (χ2v) is 5.14. The number of aryl methyl sites for hydroxylation is 1. The Labute approximate surface area is 152 Å². The summed E-state index contributed by atoms with van der Waals surface area (Å²) in [6.07, 6.45) is 0. The van der Waals surface area contributed by atoms with Crippen molar-refractivity contribution in [2.24, 2.45) is 4.99 Å². The molecule has 2 N–H and O–H groups in total. The molecule has 5 heteroatoms. The lowest BCUT2D eigenvalue weighted by atomic mass is 10.1. The molecule has 0 saturated carbocycles. The topological polar surface area (TPSA) is 39.7 Å². The molecule has 1 aromatic carbocycles. The van der Waals surface area contributed by atoms with Gasteiger partial charge in [-0.2, -0.15) is 0 Å². The van der Waals surface area contributed by atoms with Gasteiger partial charge in [0.25, 0.3) is 0 Å². The molecular weight excluding hydrogens is 387 g/mol. The Hall–Kier alpha value is -0.820. The van der Waals surface area contributed by atoms with E-state index in [9.17, 15) is 0 Å². The number of halogens is 1. The lowest BCUT2D eigenvalue weighted by Crippen LogP contribution is -2.41. The predicted molar refractivity (Wildman–Crippen MR) is 107 cm³/mol. The van der Waals surface area contributed by atoms with E-state index in [1.54, 1.807) is 0 Å². The average Bonchev–Trinajstić information content (AvgIpc) is 2.49. The fourth-order valence-corrected chi connectivity index (χ4v) is 2.19. The van der Waals surface area contributed by atoms with Crippen LogP contribution in [0.2, 0.25) is 0 Å². The maximum absolute atomic E-state index is 4.65. The first-order valence-electron chi connectivity index (χ1n) is 7.99. The van der Waals surface area contributed by atoms with E-state index in [-0.39, 0.29) is 24.0 Å². The number of aliphatic imine (C=N–C) groups is 1. The molecule has 0 aliphatic rings. The molecule has 0 saturated heterocycles. The van der Waals surface area contributed by atoms with Crippen LogP contribution in [0.1, 0.15) is 31.9 Å². The van der Waals surface area contributed by atoms with Crippen molar-refractivity contribution < 1.29 is 0 Å². The van der Waals surface area contributed by atoms with Gasteiger partial charge in [-0.1, -0.05) is 43.7 Å². The molecule has 1 rings (SSSR count). The van der Waals surface area contributed by atoms with Gasteiger partial charge < -0.3 is 15.5 Å². The molecule has 0 aliphatic heterocycles. The zero-order valence-corrected chi connectivity index (χ0v) is 16.7. The zero-order valence-electron chi connectivity index (χ0n) is 14.4. The van der Waals surface area contributed by atoms with Crippen LogP contribution in [0.25, 0.3) is 0 Å². The highest BCUT2D eigenvalue weighted by Gasteiger charge is 2.01. The van der Waals surface area contributed by atoms with Crippen LogP contribution in [0.4, 0.5) is 0 Å². The lowest BCUT2D eigenvalue weighted by Gasteiger charge is -2.19. The quantitative estimate of drug-likeness (QED) is 0.388. The summed E-state index contributed by atoms with van der Waals surface area (Å²) in [4.78, 5) is 7.05. The van der Waals surface area contributed by atoms with Gasteiger partial charge in [0, 0.05) is 19.6 Å². The molecule has 0 radical (unpaired) electrons. The summed E-state index contributed by atoms with van der Waals surface area (Å²) in [6, 6.07) is 8.50. The molecule has 0 bridgehead atoms. The lowest BCUT2D eigenvalue weighted by molar-refractivity contribution is 0.308. The van der Waals surface area contributed by atoms with Gasteiger partial charge in [-0.15, -0.1) is 24.0 Å². The Bertz CT molecular complexity index is 430. The Balaban J connectivity index is 0.00000441. The Morgan fingerprint density at radius 3 is 2.45 bits per heavy atom. The molecule has 126 valence electrons. The van der Waals surface area contributed by atoms with Crippen LogP contribution >= 0.6 is 24.0 Å². The fraction of sp³-hybridized carbons (Fsp3) is 0.588. The first kappa shape index (κ1) is 21.2. The highest BCUT2D eigenvalue weighted by molar-refractivity contribution is 14.0. The van der Waals surface area contributed by atoms with Crippen molar-refractivity contribution in [2.45, 2.75) is 34.2 Å². The molecule has 0 spiro atoms. The highest BCUT2D eigenvalue weighted by atomic mass is 127. The minimum absolute atomic E-state index is 0. The molecule has 1 aromatic rings. The molecule has 0 aliphatic carbocycles. The van der Waals surface area contributed by atoms with Gasteiger partial charge in [-0.3, -0.25) is 0 Å². The maximum Gasteiger partial charge on any atom is 0.191 e. The van der Waals surface area contributed by atoms with Gasteiger partial charge in [0.1, 0.15) is 0 Å². The van der Waals surface area contributed by atoms with Gasteiger partial charge in [0.15, 0.2) is 5.96 Å². The standard InChI is InChI=1S/C17H30N4.HI/c1-5-18-17(19-11-12-21(6-2)7-3)20-14-16-10-8-9-15(4)13-16;/h8-10,13H,5-7,11-12,14H2,1-4H3,(H2,18,19,20);1H. The second-order valence-electron chi connectivity index (χ2n) is 5.14. The van der Waals surface area contributed by atoms with Crippen LogP contribution in [-0.4, -0.2) is 43.6 Å². The number of hydrogen-bond acceptors (Lipinski definition) is 2. The summed E-state index contributed by atoms with van der Waals surface area (Å²) in [6.45, 7) is 14.3. The number of hydrogen-bond donors (Lipinski definition) is 2. The number of benzene rings is 1. The monoisotopic (exact) mass is 418 g/mol. The molecule has 0 aromatic heterocycles. The zero-order chi connectivity index (χ0) is 15.5. The van der Waals surface area contributed by atoms with Crippen LogP contribution in [-0.2, 0) is 6.54 Å². The summed E-state index contributed by atoms with van der Waals surface area (Å²) in [7, 11) is 0. The molecule has 0 heterocycles. The Morgan fingerprint density at radius 1 is 1.14 bits per heavy atom. The fourth-order valence-electron chi connectivity index (χ4n) is 2.19. The van der Waals surface area contributed by atoms with Crippen molar-refractivity contribution >= 4 is 29.9 Å².